The van der Waals surface area contributed by atoms with Crippen LogP contribution in [0.25, 0.3) is 0 Å². The van der Waals surface area contributed by atoms with Crippen molar-refractivity contribution < 1.29 is 9.53 Å². The highest BCUT2D eigenvalue weighted by molar-refractivity contribution is 6.30. The summed E-state index contributed by atoms with van der Waals surface area (Å²) in [6.45, 7) is 5.83. The summed E-state index contributed by atoms with van der Waals surface area (Å²) in [7, 11) is 0. The minimum Gasteiger partial charge on any atom is -0.481 e. The largest absolute Gasteiger partial charge is 0.481 e. The van der Waals surface area contributed by atoms with Crippen LogP contribution in [0.5, 0.6) is 5.75 Å². The quantitative estimate of drug-likeness (QED) is 0.834. The molecule has 1 amide bonds. The predicted molar refractivity (Wildman–Crippen MR) is 93.9 cm³/mol. The van der Waals surface area contributed by atoms with Gasteiger partial charge in [0.25, 0.3) is 5.91 Å². The molecule has 0 unspecified atom stereocenters. The number of benzene rings is 2. The first-order valence-electron chi connectivity index (χ1n) is 7.78. The van der Waals surface area contributed by atoms with Crippen molar-refractivity contribution in [2.24, 2.45) is 0 Å². The van der Waals surface area contributed by atoms with Gasteiger partial charge >= 0.3 is 0 Å². The van der Waals surface area contributed by atoms with Gasteiger partial charge in [-0.2, -0.15) is 0 Å². The van der Waals surface area contributed by atoms with E-state index in [-0.39, 0.29) is 11.9 Å². The molecule has 2 atom stereocenters. The second-order valence-electron chi connectivity index (χ2n) is 5.60. The number of halogens is 1. The maximum atomic E-state index is 12.4. The number of carbonyl (C=O) groups excluding carboxylic acids is 1. The fourth-order valence-corrected chi connectivity index (χ4v) is 2.49. The highest BCUT2D eigenvalue weighted by atomic mass is 35.5. The van der Waals surface area contributed by atoms with Crippen LogP contribution in [-0.2, 0) is 4.79 Å². The van der Waals surface area contributed by atoms with Crippen LogP contribution in [0.1, 0.15) is 37.4 Å². The van der Waals surface area contributed by atoms with Gasteiger partial charge in [-0.3, -0.25) is 4.79 Å². The molecule has 2 aromatic carbocycles. The van der Waals surface area contributed by atoms with Gasteiger partial charge in [0.2, 0.25) is 0 Å². The number of hydrogen-bond donors (Lipinski definition) is 1. The molecule has 0 bridgehead atoms. The van der Waals surface area contributed by atoms with Crippen LogP contribution >= 0.6 is 11.6 Å². The Morgan fingerprint density at radius 2 is 1.91 bits per heavy atom. The Balaban J connectivity index is 1.99. The van der Waals surface area contributed by atoms with Crippen LogP contribution in [0.3, 0.4) is 0 Å². The molecule has 122 valence electrons. The van der Waals surface area contributed by atoms with Crippen molar-refractivity contribution in [1.29, 1.82) is 0 Å². The van der Waals surface area contributed by atoms with E-state index in [1.807, 2.05) is 26.0 Å². The Labute approximate surface area is 142 Å². The Morgan fingerprint density at radius 1 is 1.22 bits per heavy atom. The molecule has 0 heterocycles. The maximum absolute atomic E-state index is 12.4. The summed E-state index contributed by atoms with van der Waals surface area (Å²) in [5, 5.41) is 3.62. The summed E-state index contributed by atoms with van der Waals surface area (Å²) < 4.78 is 5.66. The molecule has 0 fully saturated rings. The van der Waals surface area contributed by atoms with Gasteiger partial charge in [-0.15, -0.1) is 0 Å². The first-order chi connectivity index (χ1) is 11.0. The van der Waals surface area contributed by atoms with Crippen LogP contribution < -0.4 is 10.1 Å². The van der Waals surface area contributed by atoms with Gasteiger partial charge < -0.3 is 10.1 Å². The first-order valence-corrected chi connectivity index (χ1v) is 8.16. The van der Waals surface area contributed by atoms with Crippen molar-refractivity contribution in [3.63, 3.8) is 0 Å². The minimum atomic E-state index is -0.590. The van der Waals surface area contributed by atoms with E-state index >= 15 is 0 Å². The lowest BCUT2D eigenvalue weighted by atomic mass is 10.0. The fraction of sp³-hybridized carbons (Fsp3) is 0.316. The lowest BCUT2D eigenvalue weighted by Gasteiger charge is -2.21. The first kappa shape index (κ1) is 17.4. The van der Waals surface area contributed by atoms with E-state index < -0.39 is 6.10 Å². The average molecular weight is 332 g/mol. The van der Waals surface area contributed by atoms with Crippen LogP contribution in [0.15, 0.2) is 48.5 Å². The van der Waals surface area contributed by atoms with Gasteiger partial charge in [0.05, 0.1) is 6.04 Å². The molecule has 0 aliphatic heterocycles. The molecule has 0 saturated heterocycles. The maximum Gasteiger partial charge on any atom is 0.261 e. The average Bonchev–Trinajstić information content (AvgIpc) is 2.53. The van der Waals surface area contributed by atoms with E-state index in [4.69, 9.17) is 16.3 Å². The van der Waals surface area contributed by atoms with Crippen molar-refractivity contribution in [1.82, 2.24) is 5.32 Å². The lowest BCUT2D eigenvalue weighted by Crippen LogP contribution is -2.38. The van der Waals surface area contributed by atoms with Gasteiger partial charge in [-0.05, 0) is 44.0 Å². The monoisotopic (exact) mass is 331 g/mol. The van der Waals surface area contributed by atoms with Crippen molar-refractivity contribution >= 4 is 17.5 Å². The summed E-state index contributed by atoms with van der Waals surface area (Å²) in [5.41, 5.74) is 2.30. The van der Waals surface area contributed by atoms with Crippen molar-refractivity contribution in [2.45, 2.75) is 39.3 Å². The highest BCUT2D eigenvalue weighted by Crippen LogP contribution is 2.20. The topological polar surface area (TPSA) is 38.3 Å². The van der Waals surface area contributed by atoms with Crippen molar-refractivity contribution in [3.8, 4) is 5.75 Å². The SMILES string of the molecule is CC[C@H](NC(=O)[C@@H](C)Oc1cccc(Cl)c1)c1ccc(C)cc1. The molecule has 4 heteroatoms. The number of aryl methyl sites for hydroxylation is 1. The number of rotatable bonds is 6. The molecule has 0 saturated carbocycles. The third-order valence-corrected chi connectivity index (χ3v) is 3.92. The highest BCUT2D eigenvalue weighted by Gasteiger charge is 2.19. The second kappa shape index (κ2) is 8.02. The molecule has 0 aromatic heterocycles. The third-order valence-electron chi connectivity index (χ3n) is 3.68. The summed E-state index contributed by atoms with van der Waals surface area (Å²) in [6, 6.07) is 15.2. The zero-order valence-corrected chi connectivity index (χ0v) is 14.4. The number of ether oxygens (including phenoxy) is 1. The number of nitrogens with one attached hydrogen (secondary N) is 1. The Morgan fingerprint density at radius 3 is 2.52 bits per heavy atom. The molecule has 1 N–H and O–H groups in total. The van der Waals surface area contributed by atoms with Crippen molar-refractivity contribution in [2.75, 3.05) is 0 Å². The zero-order chi connectivity index (χ0) is 16.8. The molecule has 23 heavy (non-hydrogen) atoms. The van der Waals surface area contributed by atoms with Gasteiger partial charge in [0.15, 0.2) is 6.10 Å². The standard InChI is InChI=1S/C19H22ClNO2/c1-4-18(15-10-8-13(2)9-11-15)21-19(22)14(3)23-17-7-5-6-16(20)12-17/h5-12,14,18H,4H2,1-3H3,(H,21,22)/t14-,18+/m1/s1. The Hall–Kier alpha value is -2.00. The fourth-order valence-electron chi connectivity index (χ4n) is 2.31. The van der Waals surface area contributed by atoms with Crippen LogP contribution in [0.4, 0.5) is 0 Å². The molecule has 0 aliphatic rings. The van der Waals surface area contributed by atoms with E-state index in [0.717, 1.165) is 12.0 Å². The van der Waals surface area contributed by atoms with Gasteiger partial charge in [0, 0.05) is 5.02 Å². The molecular formula is C19H22ClNO2. The van der Waals surface area contributed by atoms with Gasteiger partial charge in [-0.1, -0.05) is 54.4 Å². The van der Waals surface area contributed by atoms with Crippen LogP contribution in [0.2, 0.25) is 5.02 Å². The molecule has 0 spiro atoms. The molecule has 2 rings (SSSR count). The Bertz CT molecular complexity index is 655. The van der Waals surface area contributed by atoms with Crippen molar-refractivity contribution in [3.05, 3.63) is 64.7 Å². The molecule has 0 aliphatic carbocycles. The van der Waals surface area contributed by atoms with Crippen LogP contribution in [-0.4, -0.2) is 12.0 Å². The van der Waals surface area contributed by atoms with E-state index in [1.54, 1.807) is 31.2 Å². The van der Waals surface area contributed by atoms with Gasteiger partial charge in [-0.25, -0.2) is 0 Å². The van der Waals surface area contributed by atoms with E-state index in [0.29, 0.717) is 10.8 Å². The summed E-state index contributed by atoms with van der Waals surface area (Å²) >= 11 is 5.93. The summed E-state index contributed by atoms with van der Waals surface area (Å²) in [4.78, 5) is 12.4. The minimum absolute atomic E-state index is 0.0199. The molecule has 0 radical (unpaired) electrons. The molecule has 3 nitrogen and oxygen atoms in total. The smallest absolute Gasteiger partial charge is 0.261 e. The number of hydrogen-bond acceptors (Lipinski definition) is 2. The van der Waals surface area contributed by atoms with E-state index in [9.17, 15) is 4.79 Å². The summed E-state index contributed by atoms with van der Waals surface area (Å²) in [5.74, 6) is 0.445. The summed E-state index contributed by atoms with van der Waals surface area (Å²) in [6.07, 6.45) is 0.228. The third kappa shape index (κ3) is 5.00. The number of amides is 1. The number of carbonyl (C=O) groups is 1. The Kier molecular flexibility index (Phi) is 6.05. The van der Waals surface area contributed by atoms with E-state index in [2.05, 4.69) is 17.4 Å². The van der Waals surface area contributed by atoms with Crippen LogP contribution in [0, 0.1) is 6.92 Å². The predicted octanol–water partition coefficient (Wildman–Crippen LogP) is 4.68. The van der Waals surface area contributed by atoms with Gasteiger partial charge in [0.1, 0.15) is 5.75 Å². The molecular weight excluding hydrogens is 310 g/mol. The normalized spacial score (nSPS) is 13.2. The van der Waals surface area contributed by atoms with E-state index in [1.165, 1.54) is 5.56 Å². The second-order valence-corrected chi connectivity index (χ2v) is 6.03. The zero-order valence-electron chi connectivity index (χ0n) is 13.7. The lowest BCUT2D eigenvalue weighted by molar-refractivity contribution is -0.128. The molecule has 2 aromatic rings.